The Labute approximate surface area is 173 Å². The molecule has 0 bridgehead atoms. The number of amides is 2. The van der Waals surface area contributed by atoms with Crippen molar-refractivity contribution in [1.82, 2.24) is 29.2 Å². The van der Waals surface area contributed by atoms with Crippen molar-refractivity contribution in [2.45, 2.75) is 19.9 Å². The lowest BCUT2D eigenvalue weighted by Gasteiger charge is -2.40. The van der Waals surface area contributed by atoms with Crippen LogP contribution in [0.25, 0.3) is 11.0 Å². The molecule has 0 aliphatic carbocycles. The molecule has 1 fully saturated rings. The summed E-state index contributed by atoms with van der Waals surface area (Å²) in [4.78, 5) is 37.1. The number of nitrogens with zero attached hydrogens (tertiary/aromatic N) is 7. The molecule has 30 heavy (non-hydrogen) atoms. The predicted molar refractivity (Wildman–Crippen MR) is 115 cm³/mol. The second-order valence-electron chi connectivity index (χ2n) is 7.56. The Balaban J connectivity index is 1.52. The molecule has 3 aromatic rings. The number of nitrogens with one attached hydrogen (secondary N) is 1. The van der Waals surface area contributed by atoms with E-state index in [0.29, 0.717) is 36.7 Å². The third-order valence-corrected chi connectivity index (χ3v) is 5.63. The first kappa shape index (κ1) is 19.7. The second-order valence-corrected chi connectivity index (χ2v) is 7.56. The first-order valence-electron chi connectivity index (χ1n) is 9.70. The van der Waals surface area contributed by atoms with Gasteiger partial charge in [-0.25, -0.2) is 4.79 Å². The van der Waals surface area contributed by atoms with Crippen molar-refractivity contribution >= 4 is 34.5 Å². The third kappa shape index (κ3) is 3.31. The van der Waals surface area contributed by atoms with Gasteiger partial charge in [0.1, 0.15) is 5.82 Å². The van der Waals surface area contributed by atoms with Crippen molar-refractivity contribution < 1.29 is 4.79 Å². The highest BCUT2D eigenvalue weighted by Crippen LogP contribution is 2.27. The minimum atomic E-state index is -0.197. The molecule has 1 aliphatic rings. The summed E-state index contributed by atoms with van der Waals surface area (Å²) < 4.78 is 3.18. The van der Waals surface area contributed by atoms with Crippen LogP contribution in [-0.4, -0.2) is 60.9 Å². The first-order chi connectivity index (χ1) is 14.3. The molecule has 1 aliphatic heterocycles. The maximum Gasteiger partial charge on any atom is 0.322 e. The maximum absolute atomic E-state index is 12.8. The van der Waals surface area contributed by atoms with E-state index in [0.717, 1.165) is 11.2 Å². The second kappa shape index (κ2) is 7.32. The number of pyridine rings is 1. The Kier molecular flexibility index (Phi) is 4.80. The molecular weight excluding hydrogens is 386 g/mol. The van der Waals surface area contributed by atoms with Gasteiger partial charge in [-0.3, -0.25) is 9.48 Å². The Morgan fingerprint density at radius 2 is 2.00 bits per heavy atom. The quantitative estimate of drug-likeness (QED) is 0.635. The van der Waals surface area contributed by atoms with Gasteiger partial charge in [0.05, 0.1) is 17.3 Å². The molecule has 3 aromatic heterocycles. The van der Waals surface area contributed by atoms with Crippen LogP contribution >= 0.6 is 0 Å². The lowest BCUT2D eigenvalue weighted by molar-refractivity contribution is 0.200. The number of hydrogen-bond donors (Lipinski definition) is 2. The molecule has 1 atom stereocenters. The highest BCUT2D eigenvalue weighted by molar-refractivity contribution is 5.91. The van der Waals surface area contributed by atoms with Gasteiger partial charge in [0, 0.05) is 51.5 Å². The Morgan fingerprint density at radius 3 is 2.73 bits per heavy atom. The Bertz CT molecular complexity index is 1180. The van der Waals surface area contributed by atoms with E-state index in [1.807, 2.05) is 14.0 Å². The van der Waals surface area contributed by atoms with Crippen LogP contribution < -0.4 is 21.5 Å². The predicted octanol–water partition coefficient (Wildman–Crippen LogP) is 0.695. The standard InChI is InChI=1S/C19H25N9O2/c1-11-10-27(19(30)22-14-5-6-15(29)25(3)12(14)2)7-8-28(11)17-13-9-21-26(4)16(13)23-18(20)24-17/h5-6,9,11H,7-8,10H2,1-4H3,(H,22,30)(H2,20,23,24)/t11-/m0/s1. The number of fused-ring (bicyclic) bond motifs is 1. The molecule has 0 unspecified atom stereocenters. The van der Waals surface area contributed by atoms with E-state index in [1.54, 1.807) is 35.8 Å². The van der Waals surface area contributed by atoms with Gasteiger partial charge in [0.25, 0.3) is 5.56 Å². The van der Waals surface area contributed by atoms with Crippen LogP contribution in [0.15, 0.2) is 23.1 Å². The van der Waals surface area contributed by atoms with E-state index in [9.17, 15) is 9.59 Å². The molecule has 0 spiro atoms. The monoisotopic (exact) mass is 411 g/mol. The van der Waals surface area contributed by atoms with Gasteiger partial charge < -0.3 is 25.4 Å². The summed E-state index contributed by atoms with van der Waals surface area (Å²) in [6.45, 7) is 5.48. The summed E-state index contributed by atoms with van der Waals surface area (Å²) in [5.74, 6) is 0.922. The lowest BCUT2D eigenvalue weighted by atomic mass is 10.2. The van der Waals surface area contributed by atoms with Crippen LogP contribution in [0.5, 0.6) is 0 Å². The lowest BCUT2D eigenvalue weighted by Crippen LogP contribution is -2.55. The molecule has 11 heteroatoms. The number of nitrogen functional groups attached to an aromatic ring is 1. The van der Waals surface area contributed by atoms with Crippen LogP contribution in [0.1, 0.15) is 12.6 Å². The molecule has 4 heterocycles. The average Bonchev–Trinajstić information content (AvgIpc) is 3.08. The van der Waals surface area contributed by atoms with Gasteiger partial charge in [-0.1, -0.05) is 0 Å². The van der Waals surface area contributed by atoms with Crippen molar-refractivity contribution in [3.8, 4) is 0 Å². The summed E-state index contributed by atoms with van der Waals surface area (Å²) in [5, 5.41) is 8.01. The number of urea groups is 1. The van der Waals surface area contributed by atoms with E-state index in [4.69, 9.17) is 5.73 Å². The van der Waals surface area contributed by atoms with E-state index in [2.05, 4.69) is 25.3 Å². The summed E-state index contributed by atoms with van der Waals surface area (Å²) in [7, 11) is 3.49. The van der Waals surface area contributed by atoms with Gasteiger partial charge in [-0.2, -0.15) is 15.1 Å². The maximum atomic E-state index is 12.8. The highest BCUT2D eigenvalue weighted by Gasteiger charge is 2.29. The minimum absolute atomic E-state index is 0.0171. The van der Waals surface area contributed by atoms with Gasteiger partial charge in [-0.15, -0.1) is 0 Å². The number of aromatic nitrogens is 5. The summed E-state index contributed by atoms with van der Waals surface area (Å²) in [6, 6.07) is 2.90. The normalized spacial score (nSPS) is 16.9. The number of carbonyl (C=O) groups is 1. The number of aryl methyl sites for hydroxylation is 1. The van der Waals surface area contributed by atoms with E-state index >= 15 is 0 Å². The molecule has 1 saturated heterocycles. The van der Waals surface area contributed by atoms with Gasteiger partial charge >= 0.3 is 6.03 Å². The highest BCUT2D eigenvalue weighted by atomic mass is 16.2. The topological polar surface area (TPSA) is 127 Å². The van der Waals surface area contributed by atoms with Crippen molar-refractivity contribution in [2.24, 2.45) is 14.1 Å². The fourth-order valence-corrected chi connectivity index (χ4v) is 3.76. The van der Waals surface area contributed by atoms with Crippen molar-refractivity contribution in [3.05, 3.63) is 34.4 Å². The number of piperazine rings is 1. The number of hydrogen-bond acceptors (Lipinski definition) is 7. The molecule has 2 amide bonds. The van der Waals surface area contributed by atoms with Gasteiger partial charge in [0.2, 0.25) is 5.95 Å². The van der Waals surface area contributed by atoms with E-state index < -0.39 is 0 Å². The molecule has 4 rings (SSSR count). The van der Waals surface area contributed by atoms with Crippen LogP contribution in [0.4, 0.5) is 22.2 Å². The molecular formula is C19H25N9O2. The largest absolute Gasteiger partial charge is 0.368 e. The minimum Gasteiger partial charge on any atom is -0.368 e. The summed E-state index contributed by atoms with van der Waals surface area (Å²) in [5.41, 5.74) is 7.81. The molecule has 0 radical (unpaired) electrons. The summed E-state index contributed by atoms with van der Waals surface area (Å²) >= 11 is 0. The van der Waals surface area contributed by atoms with Crippen molar-refractivity contribution in [3.63, 3.8) is 0 Å². The smallest absolute Gasteiger partial charge is 0.322 e. The van der Waals surface area contributed by atoms with Crippen molar-refractivity contribution in [2.75, 3.05) is 35.6 Å². The SMILES string of the molecule is Cc1c(NC(=O)N2CCN(c3nc(N)nc4c3cnn4C)[C@@H](C)C2)ccc(=O)n1C. The first-order valence-corrected chi connectivity index (χ1v) is 9.70. The average molecular weight is 411 g/mol. The van der Waals surface area contributed by atoms with Crippen molar-refractivity contribution in [1.29, 1.82) is 0 Å². The molecule has 0 saturated carbocycles. The Hall–Kier alpha value is -3.63. The number of carbonyl (C=O) groups excluding carboxylic acids is 1. The molecule has 0 aromatic carbocycles. The number of rotatable bonds is 2. The zero-order valence-corrected chi connectivity index (χ0v) is 17.5. The Morgan fingerprint density at radius 1 is 1.23 bits per heavy atom. The van der Waals surface area contributed by atoms with Crippen LogP contribution in [0, 0.1) is 6.92 Å². The molecule has 11 nitrogen and oxygen atoms in total. The van der Waals surface area contributed by atoms with Crippen LogP contribution in [0.2, 0.25) is 0 Å². The molecule has 158 valence electrons. The summed E-state index contributed by atoms with van der Waals surface area (Å²) in [6.07, 6.45) is 1.73. The number of nitrogens with two attached hydrogens (primary N) is 1. The van der Waals surface area contributed by atoms with E-state index in [-0.39, 0.29) is 23.6 Å². The third-order valence-electron chi connectivity index (χ3n) is 5.63. The van der Waals surface area contributed by atoms with Crippen LogP contribution in [0.3, 0.4) is 0 Å². The van der Waals surface area contributed by atoms with Gasteiger partial charge in [0.15, 0.2) is 5.65 Å². The fourth-order valence-electron chi connectivity index (χ4n) is 3.76. The van der Waals surface area contributed by atoms with Crippen LogP contribution in [-0.2, 0) is 14.1 Å². The number of anilines is 3. The van der Waals surface area contributed by atoms with E-state index in [1.165, 1.54) is 10.6 Å². The molecule has 3 N–H and O–H groups in total. The zero-order chi connectivity index (χ0) is 21.6. The van der Waals surface area contributed by atoms with Gasteiger partial charge in [-0.05, 0) is 19.9 Å². The zero-order valence-electron chi connectivity index (χ0n) is 17.5. The fraction of sp³-hybridized carbons (Fsp3) is 0.421.